The third-order valence-electron chi connectivity index (χ3n) is 2.53. The summed E-state index contributed by atoms with van der Waals surface area (Å²) in [7, 11) is 0. The van der Waals surface area contributed by atoms with Gasteiger partial charge in [-0.05, 0) is 6.07 Å². The first-order chi connectivity index (χ1) is 9.42. The van der Waals surface area contributed by atoms with Crippen LogP contribution in [0.5, 0.6) is 0 Å². The number of hydrogen-bond donors (Lipinski definition) is 1. The summed E-state index contributed by atoms with van der Waals surface area (Å²) < 4.78 is 0. The second-order valence-electron chi connectivity index (χ2n) is 3.85. The third kappa shape index (κ3) is 2.71. The van der Waals surface area contributed by atoms with E-state index in [4.69, 9.17) is 0 Å². The Balaban J connectivity index is 1.89. The number of aromatic nitrogens is 4. The molecule has 0 saturated carbocycles. The number of rotatable bonds is 3. The molecular weight excluding hydrogens is 238 g/mol. The van der Waals surface area contributed by atoms with Crippen LogP contribution in [0.3, 0.4) is 0 Å². The minimum absolute atomic E-state index is 0.502. The van der Waals surface area contributed by atoms with Gasteiger partial charge in [-0.1, -0.05) is 30.3 Å². The molecule has 2 heterocycles. The lowest BCUT2D eigenvalue weighted by Gasteiger charge is -2.05. The highest BCUT2D eigenvalue weighted by molar-refractivity contribution is 5.60. The zero-order valence-corrected chi connectivity index (χ0v) is 10.1. The Labute approximate surface area is 110 Å². The molecule has 5 heteroatoms. The molecule has 1 N–H and O–H groups in total. The summed E-state index contributed by atoms with van der Waals surface area (Å²) in [5, 5.41) is 3.02. The topological polar surface area (TPSA) is 63.6 Å². The molecule has 2 aromatic heterocycles. The summed E-state index contributed by atoms with van der Waals surface area (Å²) in [6, 6.07) is 11.8. The van der Waals surface area contributed by atoms with Crippen LogP contribution in [0.25, 0.3) is 11.3 Å². The molecule has 0 radical (unpaired) electrons. The van der Waals surface area contributed by atoms with Crippen molar-refractivity contribution in [2.45, 2.75) is 0 Å². The van der Waals surface area contributed by atoms with Crippen LogP contribution >= 0.6 is 0 Å². The Bertz CT molecular complexity index is 655. The predicted molar refractivity (Wildman–Crippen MR) is 72.8 cm³/mol. The summed E-state index contributed by atoms with van der Waals surface area (Å²) in [6.07, 6.45) is 6.57. The smallest absolute Gasteiger partial charge is 0.228 e. The van der Waals surface area contributed by atoms with E-state index in [9.17, 15) is 0 Å². The Morgan fingerprint density at radius 2 is 1.74 bits per heavy atom. The van der Waals surface area contributed by atoms with Gasteiger partial charge in [-0.25, -0.2) is 15.0 Å². The van der Waals surface area contributed by atoms with Crippen molar-refractivity contribution in [1.82, 2.24) is 19.9 Å². The molecule has 5 nitrogen and oxygen atoms in total. The molecule has 0 aliphatic carbocycles. The van der Waals surface area contributed by atoms with Crippen molar-refractivity contribution >= 4 is 11.8 Å². The summed E-state index contributed by atoms with van der Waals surface area (Å²) >= 11 is 0. The summed E-state index contributed by atoms with van der Waals surface area (Å²) in [5.41, 5.74) is 1.91. The Morgan fingerprint density at radius 3 is 2.53 bits per heavy atom. The molecule has 1 aromatic carbocycles. The second kappa shape index (κ2) is 5.22. The largest absolute Gasteiger partial charge is 0.307 e. The van der Waals surface area contributed by atoms with Crippen molar-refractivity contribution in [3.05, 3.63) is 61.2 Å². The van der Waals surface area contributed by atoms with Crippen molar-refractivity contribution in [1.29, 1.82) is 0 Å². The number of benzene rings is 1. The minimum atomic E-state index is 0.502. The molecule has 0 unspecified atom stereocenters. The van der Waals surface area contributed by atoms with E-state index in [0.29, 0.717) is 11.8 Å². The number of nitrogens with zero attached hydrogens (tertiary/aromatic N) is 4. The van der Waals surface area contributed by atoms with Gasteiger partial charge in [-0.15, -0.1) is 0 Å². The lowest BCUT2D eigenvalue weighted by molar-refractivity contribution is 1.13. The molecule has 0 aliphatic heterocycles. The van der Waals surface area contributed by atoms with Gasteiger partial charge in [-0.2, -0.15) is 0 Å². The molecule has 0 fully saturated rings. The van der Waals surface area contributed by atoms with E-state index in [1.165, 1.54) is 0 Å². The summed E-state index contributed by atoms with van der Waals surface area (Å²) in [4.78, 5) is 16.7. The van der Waals surface area contributed by atoms with Gasteiger partial charge in [0.25, 0.3) is 0 Å². The Hall–Kier alpha value is -2.82. The number of anilines is 2. The van der Waals surface area contributed by atoms with E-state index >= 15 is 0 Å². The van der Waals surface area contributed by atoms with Gasteiger partial charge in [0.05, 0.1) is 11.9 Å². The van der Waals surface area contributed by atoms with Crippen LogP contribution in [-0.2, 0) is 0 Å². The molecule has 0 amide bonds. The van der Waals surface area contributed by atoms with Crippen LogP contribution < -0.4 is 5.32 Å². The Kier molecular flexibility index (Phi) is 3.10. The number of hydrogen-bond acceptors (Lipinski definition) is 5. The van der Waals surface area contributed by atoms with Gasteiger partial charge in [0.15, 0.2) is 5.82 Å². The summed E-state index contributed by atoms with van der Waals surface area (Å²) in [6.45, 7) is 0. The van der Waals surface area contributed by atoms with Gasteiger partial charge in [0.2, 0.25) is 5.95 Å². The molecule has 0 atom stereocenters. The standard InChI is InChI=1S/C14H11N5/c1-2-4-11(5-3-1)12-6-7-17-14(18-12)19-13-10-15-8-9-16-13/h1-10H,(H,16,17,18,19). The first-order valence-electron chi connectivity index (χ1n) is 5.83. The first-order valence-corrected chi connectivity index (χ1v) is 5.83. The third-order valence-corrected chi connectivity index (χ3v) is 2.53. The summed E-state index contributed by atoms with van der Waals surface area (Å²) in [5.74, 6) is 1.12. The quantitative estimate of drug-likeness (QED) is 0.773. The molecule has 0 aliphatic rings. The maximum Gasteiger partial charge on any atom is 0.228 e. The van der Waals surface area contributed by atoms with Gasteiger partial charge in [-0.3, -0.25) is 4.98 Å². The van der Waals surface area contributed by atoms with Crippen LogP contribution in [-0.4, -0.2) is 19.9 Å². The first kappa shape index (κ1) is 11.3. The average molecular weight is 249 g/mol. The van der Waals surface area contributed by atoms with Gasteiger partial charge in [0.1, 0.15) is 0 Å². The SMILES string of the molecule is c1ccc(-c2ccnc(Nc3cnccn3)n2)cc1. The van der Waals surface area contributed by atoms with E-state index < -0.39 is 0 Å². The fourth-order valence-electron chi connectivity index (χ4n) is 1.67. The molecule has 0 spiro atoms. The lowest BCUT2D eigenvalue weighted by atomic mass is 10.1. The second-order valence-corrected chi connectivity index (χ2v) is 3.85. The maximum atomic E-state index is 4.45. The molecule has 0 saturated heterocycles. The highest BCUT2D eigenvalue weighted by Crippen LogP contribution is 2.17. The van der Waals surface area contributed by atoms with Crippen molar-refractivity contribution in [3.63, 3.8) is 0 Å². The Morgan fingerprint density at radius 1 is 0.842 bits per heavy atom. The van der Waals surface area contributed by atoms with E-state index in [0.717, 1.165) is 11.3 Å². The molecule has 19 heavy (non-hydrogen) atoms. The average Bonchev–Trinajstić information content (AvgIpc) is 2.49. The minimum Gasteiger partial charge on any atom is -0.307 e. The van der Waals surface area contributed by atoms with E-state index in [1.807, 2.05) is 36.4 Å². The van der Waals surface area contributed by atoms with Crippen LogP contribution in [0, 0.1) is 0 Å². The highest BCUT2D eigenvalue weighted by Gasteiger charge is 2.02. The predicted octanol–water partition coefficient (Wildman–Crippen LogP) is 2.68. The fraction of sp³-hybridized carbons (Fsp3) is 0. The van der Waals surface area contributed by atoms with Crippen LogP contribution in [0.1, 0.15) is 0 Å². The van der Waals surface area contributed by atoms with Crippen molar-refractivity contribution in [3.8, 4) is 11.3 Å². The molecule has 3 rings (SSSR count). The zero-order chi connectivity index (χ0) is 12.9. The fourth-order valence-corrected chi connectivity index (χ4v) is 1.67. The lowest BCUT2D eigenvalue weighted by Crippen LogP contribution is -1.99. The number of nitrogens with one attached hydrogen (secondary N) is 1. The maximum absolute atomic E-state index is 4.45. The van der Waals surface area contributed by atoms with Crippen molar-refractivity contribution in [2.75, 3.05) is 5.32 Å². The molecule has 92 valence electrons. The molecule has 0 bridgehead atoms. The van der Waals surface area contributed by atoms with Crippen LogP contribution in [0.4, 0.5) is 11.8 Å². The van der Waals surface area contributed by atoms with Gasteiger partial charge < -0.3 is 5.32 Å². The van der Waals surface area contributed by atoms with E-state index in [-0.39, 0.29) is 0 Å². The van der Waals surface area contributed by atoms with Crippen LogP contribution in [0.15, 0.2) is 61.2 Å². The highest BCUT2D eigenvalue weighted by atomic mass is 15.1. The van der Waals surface area contributed by atoms with Crippen LogP contribution in [0.2, 0.25) is 0 Å². The van der Waals surface area contributed by atoms with E-state index in [1.54, 1.807) is 24.8 Å². The van der Waals surface area contributed by atoms with Gasteiger partial charge >= 0.3 is 0 Å². The zero-order valence-electron chi connectivity index (χ0n) is 10.1. The molecular formula is C14H11N5. The monoisotopic (exact) mass is 249 g/mol. The van der Waals surface area contributed by atoms with E-state index in [2.05, 4.69) is 25.3 Å². The van der Waals surface area contributed by atoms with Crippen molar-refractivity contribution < 1.29 is 0 Å². The van der Waals surface area contributed by atoms with Crippen molar-refractivity contribution in [2.24, 2.45) is 0 Å². The molecule has 3 aromatic rings. The van der Waals surface area contributed by atoms with Gasteiger partial charge in [0, 0.05) is 24.2 Å². The normalized spacial score (nSPS) is 10.1.